The molecule has 0 saturated carbocycles. The first-order valence-electron chi connectivity index (χ1n) is 13.8. The molecule has 0 radical (unpaired) electrons. The molecule has 5 nitrogen and oxygen atoms in total. The van der Waals surface area contributed by atoms with Crippen molar-refractivity contribution in [2.45, 2.75) is 85.6 Å². The Balaban J connectivity index is 1.64. The quantitative estimate of drug-likeness (QED) is 0.253. The molecule has 1 aliphatic rings. The van der Waals surface area contributed by atoms with E-state index in [-0.39, 0.29) is 0 Å². The van der Waals surface area contributed by atoms with Gasteiger partial charge in [0.05, 0.1) is 34.5 Å². The Morgan fingerprint density at radius 3 is 2.27 bits per heavy atom. The molecule has 0 spiro atoms. The molecule has 4 rings (SSSR count). The minimum atomic E-state index is 0.452. The number of hydrogen-bond acceptors (Lipinski definition) is 4. The molecular weight excluding hydrogens is 454 g/mol. The molecular formula is C32H41N5. The van der Waals surface area contributed by atoms with Crippen LogP contribution in [0.5, 0.6) is 0 Å². The summed E-state index contributed by atoms with van der Waals surface area (Å²) < 4.78 is 2.10. The Morgan fingerprint density at radius 1 is 0.865 bits per heavy atom. The molecule has 1 aliphatic heterocycles. The van der Waals surface area contributed by atoms with Crippen molar-refractivity contribution in [1.29, 1.82) is 0 Å². The van der Waals surface area contributed by atoms with Crippen molar-refractivity contribution < 1.29 is 0 Å². The minimum absolute atomic E-state index is 0.452. The van der Waals surface area contributed by atoms with Gasteiger partial charge in [-0.05, 0) is 70.7 Å². The van der Waals surface area contributed by atoms with Crippen LogP contribution >= 0.6 is 0 Å². The van der Waals surface area contributed by atoms with Crippen molar-refractivity contribution in [2.75, 3.05) is 0 Å². The Bertz CT molecular complexity index is 1270. The van der Waals surface area contributed by atoms with Crippen molar-refractivity contribution in [3.63, 3.8) is 0 Å². The van der Waals surface area contributed by atoms with Gasteiger partial charge in [-0.2, -0.15) is 10.2 Å². The molecule has 0 amide bonds. The molecule has 0 saturated heterocycles. The van der Waals surface area contributed by atoms with Crippen LogP contribution in [0.4, 0.5) is 0 Å². The molecule has 3 aromatic rings. The van der Waals surface area contributed by atoms with Crippen molar-refractivity contribution in [2.24, 2.45) is 10.2 Å². The van der Waals surface area contributed by atoms with Gasteiger partial charge in [0.15, 0.2) is 0 Å². The van der Waals surface area contributed by atoms with Gasteiger partial charge in [-0.15, -0.1) is 0 Å². The first-order chi connectivity index (χ1) is 18.0. The number of unbranched alkanes of at least 4 members (excludes halogenated alkanes) is 2. The molecule has 1 aromatic carbocycles. The van der Waals surface area contributed by atoms with Gasteiger partial charge >= 0.3 is 0 Å². The second-order valence-electron chi connectivity index (χ2n) is 9.99. The third-order valence-electron chi connectivity index (χ3n) is 7.07. The van der Waals surface area contributed by atoms with Crippen LogP contribution in [0.2, 0.25) is 0 Å². The number of benzene rings is 1. The number of aromatic nitrogens is 2. The summed E-state index contributed by atoms with van der Waals surface area (Å²) in [5.41, 5.74) is 8.31. The lowest BCUT2D eigenvalue weighted by molar-refractivity contribution is 0.273. The molecule has 37 heavy (non-hydrogen) atoms. The van der Waals surface area contributed by atoms with E-state index in [1.165, 1.54) is 30.7 Å². The van der Waals surface area contributed by atoms with Crippen molar-refractivity contribution in [3.8, 4) is 11.3 Å². The van der Waals surface area contributed by atoms with Gasteiger partial charge in [0, 0.05) is 17.0 Å². The summed E-state index contributed by atoms with van der Waals surface area (Å²) in [6, 6.07) is 21.5. The van der Waals surface area contributed by atoms with Crippen LogP contribution in [0.25, 0.3) is 11.3 Å². The van der Waals surface area contributed by atoms with E-state index in [1.54, 1.807) is 0 Å². The first kappa shape index (κ1) is 26.6. The number of nitrogens with zero attached hydrogens (tertiary/aromatic N) is 5. The second kappa shape index (κ2) is 12.7. The zero-order valence-corrected chi connectivity index (χ0v) is 23.1. The molecule has 1 atom stereocenters. The van der Waals surface area contributed by atoms with Crippen LogP contribution in [0, 0.1) is 0 Å². The number of hydrazone groups is 1. The van der Waals surface area contributed by atoms with Gasteiger partial charge in [0.1, 0.15) is 0 Å². The summed E-state index contributed by atoms with van der Waals surface area (Å²) in [4.78, 5) is 4.98. The average Bonchev–Trinajstić information content (AvgIpc) is 3.49. The standard InChI is InChI=1S/C32H41N5/c1-6-8-16-28-21-20-24(3)36(28)34-25(4)30-18-13-19-31(33-30)26(5)35-37-29(17-9-7-2)22-23-32(37)27-14-11-10-12-15-27/h10-15,18-20,22-23,28H,6-9,16-17,21H2,1-5H3/b34-25+,35-26+. The fourth-order valence-corrected chi connectivity index (χ4v) is 4.84. The third kappa shape index (κ3) is 6.46. The van der Waals surface area contributed by atoms with Gasteiger partial charge in [0.2, 0.25) is 0 Å². The maximum atomic E-state index is 5.09. The zero-order chi connectivity index (χ0) is 26.2. The molecule has 2 aromatic heterocycles. The van der Waals surface area contributed by atoms with Gasteiger partial charge in [0.25, 0.3) is 0 Å². The monoisotopic (exact) mass is 495 g/mol. The van der Waals surface area contributed by atoms with Crippen molar-refractivity contribution in [3.05, 3.63) is 89.5 Å². The van der Waals surface area contributed by atoms with Crippen LogP contribution in [0.3, 0.4) is 0 Å². The maximum Gasteiger partial charge on any atom is 0.0867 e. The third-order valence-corrected chi connectivity index (χ3v) is 7.07. The summed E-state index contributed by atoms with van der Waals surface area (Å²) >= 11 is 0. The largest absolute Gasteiger partial charge is 0.267 e. The molecule has 3 heterocycles. The molecule has 5 heteroatoms. The highest BCUT2D eigenvalue weighted by Crippen LogP contribution is 2.27. The van der Waals surface area contributed by atoms with Crippen LogP contribution in [0.15, 0.2) is 82.6 Å². The number of aryl methyl sites for hydroxylation is 1. The summed E-state index contributed by atoms with van der Waals surface area (Å²) in [6.07, 6.45) is 10.3. The highest BCUT2D eigenvalue weighted by molar-refractivity contribution is 6.00. The lowest BCUT2D eigenvalue weighted by Crippen LogP contribution is -2.25. The Kier molecular flexibility index (Phi) is 9.10. The molecule has 0 N–H and O–H groups in total. The summed E-state index contributed by atoms with van der Waals surface area (Å²) in [6.45, 7) is 10.7. The van der Waals surface area contributed by atoms with Crippen LogP contribution < -0.4 is 0 Å². The number of rotatable bonds is 11. The highest BCUT2D eigenvalue weighted by Gasteiger charge is 2.23. The zero-order valence-electron chi connectivity index (χ0n) is 23.1. The predicted octanol–water partition coefficient (Wildman–Crippen LogP) is 8.06. The Hall–Kier alpha value is -3.47. The van der Waals surface area contributed by atoms with E-state index in [4.69, 9.17) is 15.2 Å². The van der Waals surface area contributed by atoms with Gasteiger partial charge < -0.3 is 0 Å². The normalized spacial score (nSPS) is 16.4. The Morgan fingerprint density at radius 2 is 1.57 bits per heavy atom. The molecule has 0 bridgehead atoms. The Labute approximate surface area is 222 Å². The summed E-state index contributed by atoms with van der Waals surface area (Å²) in [7, 11) is 0. The van der Waals surface area contributed by atoms with Crippen LogP contribution in [-0.4, -0.2) is 32.1 Å². The van der Waals surface area contributed by atoms with E-state index in [0.29, 0.717) is 6.04 Å². The highest BCUT2D eigenvalue weighted by atomic mass is 15.5. The lowest BCUT2D eigenvalue weighted by atomic mass is 10.1. The smallest absolute Gasteiger partial charge is 0.0867 e. The van der Waals surface area contributed by atoms with Crippen LogP contribution in [0.1, 0.15) is 90.2 Å². The fourth-order valence-electron chi connectivity index (χ4n) is 4.84. The van der Waals surface area contributed by atoms with Crippen molar-refractivity contribution >= 4 is 11.4 Å². The van der Waals surface area contributed by atoms with Gasteiger partial charge in [-0.25, -0.2) is 9.66 Å². The molecule has 0 fully saturated rings. The predicted molar refractivity (Wildman–Crippen MR) is 156 cm³/mol. The topological polar surface area (TPSA) is 45.8 Å². The molecule has 0 aliphatic carbocycles. The maximum absolute atomic E-state index is 5.09. The fraction of sp³-hybridized carbons (Fsp3) is 0.406. The lowest BCUT2D eigenvalue weighted by Gasteiger charge is -2.24. The van der Waals surface area contributed by atoms with E-state index < -0.39 is 0 Å². The van der Waals surface area contributed by atoms with E-state index in [1.807, 2.05) is 25.1 Å². The number of hydrogen-bond donors (Lipinski definition) is 0. The minimum Gasteiger partial charge on any atom is -0.267 e. The summed E-state index contributed by atoms with van der Waals surface area (Å²) in [5, 5.41) is 12.3. The number of allylic oxidation sites excluding steroid dienone is 1. The summed E-state index contributed by atoms with van der Waals surface area (Å²) in [5.74, 6) is 0. The molecule has 1 unspecified atom stereocenters. The molecule has 194 valence electrons. The van der Waals surface area contributed by atoms with Crippen molar-refractivity contribution in [1.82, 2.24) is 14.7 Å². The van der Waals surface area contributed by atoms with Crippen LogP contribution in [-0.2, 0) is 6.42 Å². The first-order valence-corrected chi connectivity index (χ1v) is 13.8. The average molecular weight is 496 g/mol. The van der Waals surface area contributed by atoms with E-state index in [9.17, 15) is 0 Å². The van der Waals surface area contributed by atoms with Gasteiger partial charge in [-0.3, -0.25) is 5.01 Å². The second-order valence-corrected chi connectivity index (χ2v) is 9.99. The SMILES string of the molecule is CCCCc1ccc(-c2ccccc2)n1/N=C(\C)c1cccc(/C(C)=N/N2C(C)=CCC2CCCC)n1. The van der Waals surface area contributed by atoms with E-state index >= 15 is 0 Å². The van der Waals surface area contributed by atoms with Gasteiger partial charge in [-0.1, -0.05) is 75.6 Å². The van der Waals surface area contributed by atoms with E-state index in [2.05, 4.69) is 85.9 Å². The number of pyridine rings is 1. The van der Waals surface area contributed by atoms with E-state index in [0.717, 1.165) is 59.8 Å².